The Morgan fingerprint density at radius 1 is 1.42 bits per heavy atom. The zero-order chi connectivity index (χ0) is 14.6. The minimum atomic E-state index is -0.740. The first kappa shape index (κ1) is 15.1. The van der Waals surface area contributed by atoms with Gasteiger partial charge in [0.25, 0.3) is 0 Å². The molecule has 2 atom stereocenters. The summed E-state index contributed by atoms with van der Waals surface area (Å²) in [7, 11) is 1.26. The molecule has 1 amide bonds. The third-order valence-electron chi connectivity index (χ3n) is 2.60. The molecular weight excluding hydrogens is 252 g/mol. The summed E-state index contributed by atoms with van der Waals surface area (Å²) in [5, 5.41) is 3.65. The van der Waals surface area contributed by atoms with Crippen LogP contribution in [0, 0.1) is 5.53 Å². The second-order valence-electron chi connectivity index (χ2n) is 5.28. The van der Waals surface area contributed by atoms with Gasteiger partial charge in [0.15, 0.2) is 6.04 Å². The van der Waals surface area contributed by atoms with Crippen molar-refractivity contribution in [2.24, 2.45) is 5.11 Å². The Labute approximate surface area is 111 Å². The van der Waals surface area contributed by atoms with Gasteiger partial charge < -0.3 is 9.47 Å². The van der Waals surface area contributed by atoms with Gasteiger partial charge in [-0.15, -0.1) is 0 Å². The van der Waals surface area contributed by atoms with Gasteiger partial charge in [-0.2, -0.15) is 0 Å². The molecule has 8 heteroatoms. The van der Waals surface area contributed by atoms with Crippen molar-refractivity contribution in [1.29, 1.82) is 5.53 Å². The fraction of sp³-hybridized carbons (Fsp3) is 0.818. The van der Waals surface area contributed by atoms with E-state index in [1.165, 1.54) is 12.0 Å². The van der Waals surface area contributed by atoms with Crippen molar-refractivity contribution in [3.05, 3.63) is 0 Å². The summed E-state index contributed by atoms with van der Waals surface area (Å²) in [5.41, 5.74) is 6.06. The summed E-state index contributed by atoms with van der Waals surface area (Å²) < 4.78 is 9.90. The van der Waals surface area contributed by atoms with Gasteiger partial charge in [-0.3, -0.25) is 4.90 Å². The minimum absolute atomic E-state index is 0.192. The second-order valence-corrected chi connectivity index (χ2v) is 5.28. The van der Waals surface area contributed by atoms with Crippen LogP contribution in [0.15, 0.2) is 5.11 Å². The lowest BCUT2D eigenvalue weighted by Crippen LogP contribution is -2.43. The molecule has 1 saturated heterocycles. The fourth-order valence-corrected chi connectivity index (χ4v) is 1.86. The molecule has 0 aromatic heterocycles. The number of carbonyl (C=O) groups excluding carboxylic acids is 2. The van der Waals surface area contributed by atoms with Crippen molar-refractivity contribution >= 4 is 12.1 Å². The first-order chi connectivity index (χ1) is 8.78. The minimum Gasteiger partial charge on any atom is -0.467 e. The van der Waals surface area contributed by atoms with Gasteiger partial charge in [-0.05, 0) is 20.8 Å². The molecule has 8 nitrogen and oxygen atoms in total. The summed E-state index contributed by atoms with van der Waals surface area (Å²) in [4.78, 5) is 27.9. The van der Waals surface area contributed by atoms with Gasteiger partial charge in [0, 0.05) is 6.42 Å². The van der Waals surface area contributed by atoms with Gasteiger partial charge in [0.05, 0.1) is 13.7 Å². The van der Waals surface area contributed by atoms with E-state index in [0.29, 0.717) is 0 Å². The van der Waals surface area contributed by atoms with Crippen molar-refractivity contribution in [3.63, 3.8) is 0 Å². The van der Waals surface area contributed by atoms with E-state index in [1.807, 2.05) is 0 Å². The maximum absolute atomic E-state index is 12.0. The standard InChI is InChI=1S/C11H19N4O4/c1-11(2,3)19-10(17)15-6-7(13-14-12)5-8(15)9(16)18-4/h7-8,12H,5-6H2,1-4H3/q+1/t7-,8-/m0/s1. The Hall–Kier alpha value is -1.95. The highest BCUT2D eigenvalue weighted by atomic mass is 16.6. The molecule has 0 bridgehead atoms. The molecule has 0 spiro atoms. The predicted molar refractivity (Wildman–Crippen MR) is 64.4 cm³/mol. The van der Waals surface area contributed by atoms with Gasteiger partial charge in [0.2, 0.25) is 4.91 Å². The summed E-state index contributed by atoms with van der Waals surface area (Å²) in [6, 6.07) is -1.12. The van der Waals surface area contributed by atoms with E-state index in [2.05, 4.69) is 14.8 Å². The van der Waals surface area contributed by atoms with E-state index < -0.39 is 23.7 Å². The van der Waals surface area contributed by atoms with Crippen LogP contribution in [0.4, 0.5) is 4.79 Å². The number of likely N-dealkylation sites (tertiary alicyclic amines) is 1. The number of carbonyl (C=O) groups is 2. The number of hydrogen-bond donors (Lipinski definition) is 1. The van der Waals surface area contributed by atoms with Crippen LogP contribution in [-0.2, 0) is 14.3 Å². The lowest BCUT2D eigenvalue weighted by atomic mass is 10.2. The first-order valence-electron chi connectivity index (χ1n) is 5.92. The first-order valence-corrected chi connectivity index (χ1v) is 5.92. The van der Waals surface area contributed by atoms with Crippen molar-refractivity contribution in [2.45, 2.75) is 44.9 Å². The third kappa shape index (κ3) is 4.03. The molecule has 1 N–H and O–H groups in total. The summed E-state index contributed by atoms with van der Waals surface area (Å²) in [6.45, 7) is 5.43. The Morgan fingerprint density at radius 3 is 2.53 bits per heavy atom. The van der Waals surface area contributed by atoms with Crippen molar-refractivity contribution in [3.8, 4) is 0 Å². The molecule has 1 heterocycles. The van der Waals surface area contributed by atoms with Crippen LogP contribution in [0.3, 0.4) is 0 Å². The molecule has 0 aromatic rings. The normalized spacial score (nSPS) is 22.6. The summed E-state index contributed by atoms with van der Waals surface area (Å²) in [5.74, 6) is -0.520. The smallest absolute Gasteiger partial charge is 0.411 e. The molecule has 0 saturated carbocycles. The van der Waals surface area contributed by atoms with Crippen molar-refractivity contribution < 1.29 is 19.1 Å². The summed E-state index contributed by atoms with van der Waals surface area (Å²) >= 11 is 0. The zero-order valence-corrected chi connectivity index (χ0v) is 11.5. The van der Waals surface area contributed by atoms with Gasteiger partial charge in [0.1, 0.15) is 22.3 Å². The Bertz CT molecular complexity index is 411. The van der Waals surface area contributed by atoms with Crippen LogP contribution in [-0.4, -0.2) is 48.3 Å². The van der Waals surface area contributed by atoms with E-state index in [-0.39, 0.29) is 19.0 Å². The van der Waals surface area contributed by atoms with Crippen LogP contribution in [0.5, 0.6) is 0 Å². The zero-order valence-electron chi connectivity index (χ0n) is 11.5. The fourth-order valence-electron chi connectivity index (χ4n) is 1.86. The van der Waals surface area contributed by atoms with Crippen LogP contribution < -0.4 is 4.91 Å². The van der Waals surface area contributed by atoms with E-state index in [1.54, 1.807) is 20.8 Å². The van der Waals surface area contributed by atoms with E-state index in [4.69, 9.17) is 10.3 Å². The molecule has 1 fully saturated rings. The largest absolute Gasteiger partial charge is 0.467 e. The SMILES string of the molecule is COC(=O)[C@@H]1C[C@H](N=[N+]=N)CN1C(=O)OC(C)(C)C. The number of nitrogens with zero attached hydrogens (tertiary/aromatic N) is 3. The molecular formula is C11H19N4O4+. The Morgan fingerprint density at radius 2 is 2.05 bits per heavy atom. The number of methoxy groups -OCH3 is 1. The number of esters is 1. The highest BCUT2D eigenvalue weighted by Gasteiger charge is 2.44. The molecule has 0 radical (unpaired) electrons. The lowest BCUT2D eigenvalue weighted by Gasteiger charge is -2.27. The van der Waals surface area contributed by atoms with E-state index in [9.17, 15) is 9.59 Å². The average Bonchev–Trinajstić information content (AvgIpc) is 2.70. The lowest BCUT2D eigenvalue weighted by molar-refractivity contribution is -0.145. The monoisotopic (exact) mass is 271 g/mol. The van der Waals surface area contributed by atoms with E-state index in [0.717, 1.165) is 0 Å². The molecule has 0 unspecified atom stereocenters. The van der Waals surface area contributed by atoms with Gasteiger partial charge in [-0.1, -0.05) is 0 Å². The number of rotatable bonds is 2. The van der Waals surface area contributed by atoms with Crippen molar-refractivity contribution in [2.75, 3.05) is 13.7 Å². The van der Waals surface area contributed by atoms with Crippen LogP contribution >= 0.6 is 0 Å². The molecule has 106 valence electrons. The maximum Gasteiger partial charge on any atom is 0.411 e. The second kappa shape index (κ2) is 5.79. The van der Waals surface area contributed by atoms with Crippen LogP contribution in [0.2, 0.25) is 0 Å². The number of nitrogens with one attached hydrogen (secondary N) is 1. The summed E-state index contributed by atoms with van der Waals surface area (Å²) in [6.07, 6.45) is -0.306. The topological polar surface area (TPSA) is 106 Å². The van der Waals surface area contributed by atoms with Gasteiger partial charge in [-0.25, -0.2) is 9.59 Å². The Balaban J connectivity index is 2.85. The molecule has 0 aliphatic carbocycles. The quantitative estimate of drug-likeness (QED) is 0.461. The van der Waals surface area contributed by atoms with Crippen molar-refractivity contribution in [1.82, 2.24) is 9.81 Å². The third-order valence-corrected chi connectivity index (χ3v) is 2.60. The molecule has 19 heavy (non-hydrogen) atoms. The molecule has 0 aromatic carbocycles. The number of ether oxygens (including phenoxy) is 2. The van der Waals surface area contributed by atoms with E-state index >= 15 is 0 Å². The Kier molecular flexibility index (Phi) is 4.61. The molecule has 1 rings (SSSR count). The van der Waals surface area contributed by atoms with Gasteiger partial charge >= 0.3 is 12.1 Å². The maximum atomic E-state index is 12.0. The van der Waals surface area contributed by atoms with Crippen LogP contribution in [0.25, 0.3) is 0 Å². The molecule has 1 aliphatic rings. The highest BCUT2D eigenvalue weighted by molar-refractivity contribution is 5.82. The number of amides is 1. The number of hydrogen-bond acceptors (Lipinski definition) is 6. The predicted octanol–water partition coefficient (Wildman–Crippen LogP) is 1.09. The average molecular weight is 271 g/mol. The highest BCUT2D eigenvalue weighted by Crippen LogP contribution is 2.23. The van der Waals surface area contributed by atoms with Crippen LogP contribution in [0.1, 0.15) is 27.2 Å². The molecule has 1 aliphatic heterocycles.